The summed E-state index contributed by atoms with van der Waals surface area (Å²) >= 11 is 0. The van der Waals surface area contributed by atoms with Gasteiger partial charge in [-0.1, -0.05) is 56.7 Å². The van der Waals surface area contributed by atoms with Gasteiger partial charge in [0.2, 0.25) is 0 Å². The number of fused-ring (bicyclic) bond motifs is 3. The van der Waals surface area contributed by atoms with Crippen molar-refractivity contribution in [1.29, 1.82) is 0 Å². The molecule has 0 atom stereocenters. The van der Waals surface area contributed by atoms with E-state index in [1.165, 1.54) is 12.8 Å². The Bertz CT molecular complexity index is 1470. The minimum absolute atomic E-state index is 0.0418. The van der Waals surface area contributed by atoms with Gasteiger partial charge in [0.15, 0.2) is 0 Å². The predicted molar refractivity (Wildman–Crippen MR) is 152 cm³/mol. The zero-order valence-electron chi connectivity index (χ0n) is 22.8. The molecule has 2 aliphatic carbocycles. The molecule has 0 bridgehead atoms. The van der Waals surface area contributed by atoms with Gasteiger partial charge >= 0.3 is 12.2 Å². The molecule has 1 aromatic carbocycles. The SMILES string of the molecule is O=C(NC1CCCCC1)OCc1c(COC(=O)NC2CCCCC2)c2cccn2c2c1cnn2-c1ccccc1. The highest BCUT2D eigenvalue weighted by Gasteiger charge is 2.23. The minimum Gasteiger partial charge on any atom is -0.445 e. The molecule has 2 aliphatic rings. The number of hydrogen-bond acceptors (Lipinski definition) is 5. The molecule has 210 valence electrons. The fraction of sp³-hybridized carbons (Fsp3) is 0.452. The van der Waals surface area contributed by atoms with Gasteiger partial charge in [0.25, 0.3) is 0 Å². The maximum absolute atomic E-state index is 12.8. The van der Waals surface area contributed by atoms with E-state index in [0.29, 0.717) is 0 Å². The van der Waals surface area contributed by atoms with Crippen molar-refractivity contribution in [2.24, 2.45) is 0 Å². The van der Waals surface area contributed by atoms with Gasteiger partial charge in [-0.15, -0.1) is 0 Å². The van der Waals surface area contributed by atoms with Crippen LogP contribution in [0.1, 0.15) is 75.3 Å². The van der Waals surface area contributed by atoms with Crippen LogP contribution in [0.5, 0.6) is 0 Å². The van der Waals surface area contributed by atoms with Crippen LogP contribution in [0.4, 0.5) is 9.59 Å². The number of rotatable bonds is 7. The molecule has 0 spiro atoms. The first-order valence-corrected chi connectivity index (χ1v) is 14.6. The maximum atomic E-state index is 12.8. The molecule has 2 amide bonds. The van der Waals surface area contributed by atoms with Crippen LogP contribution in [0, 0.1) is 0 Å². The highest BCUT2D eigenvalue weighted by molar-refractivity contribution is 5.87. The summed E-state index contributed by atoms with van der Waals surface area (Å²) in [7, 11) is 0. The van der Waals surface area contributed by atoms with Crippen LogP contribution in [-0.2, 0) is 22.7 Å². The standard InChI is InChI=1S/C31H37N5O4/c37-30(33-22-11-4-1-5-12-22)39-20-26-25-19-32-36(24-15-8-3-9-16-24)29(25)35-18-10-17-28(35)27(26)21-40-31(38)34-23-13-6-2-7-14-23/h3,8-10,15-19,22-23H,1-2,4-7,11-14,20-21H2,(H,33,37)(H,34,38). The summed E-state index contributed by atoms with van der Waals surface area (Å²) in [4.78, 5) is 25.6. The number of nitrogens with zero attached hydrogens (tertiary/aromatic N) is 3. The van der Waals surface area contributed by atoms with E-state index in [2.05, 4.69) is 15.0 Å². The second kappa shape index (κ2) is 12.0. The van der Waals surface area contributed by atoms with E-state index in [0.717, 1.165) is 84.7 Å². The van der Waals surface area contributed by atoms with E-state index in [1.54, 1.807) is 6.20 Å². The lowest BCUT2D eigenvalue weighted by molar-refractivity contribution is 0.126. The minimum atomic E-state index is -0.423. The van der Waals surface area contributed by atoms with Gasteiger partial charge in [0, 0.05) is 34.8 Å². The summed E-state index contributed by atoms with van der Waals surface area (Å²) in [6, 6.07) is 14.2. The number of hydrogen-bond donors (Lipinski definition) is 2. The lowest BCUT2D eigenvalue weighted by atomic mass is 9.96. The van der Waals surface area contributed by atoms with Crippen LogP contribution in [0.2, 0.25) is 0 Å². The lowest BCUT2D eigenvalue weighted by Crippen LogP contribution is -2.36. The Morgan fingerprint density at radius 1 is 0.775 bits per heavy atom. The molecular formula is C31H37N5O4. The largest absolute Gasteiger partial charge is 0.445 e. The number of amides is 2. The second-order valence-electron chi connectivity index (χ2n) is 11.0. The van der Waals surface area contributed by atoms with Crippen molar-refractivity contribution in [3.8, 4) is 5.69 Å². The van der Waals surface area contributed by atoms with Crippen LogP contribution in [-0.4, -0.2) is 38.5 Å². The number of pyridine rings is 1. The molecule has 40 heavy (non-hydrogen) atoms. The number of ether oxygens (including phenoxy) is 2. The number of para-hydroxylation sites is 1. The number of benzene rings is 1. The van der Waals surface area contributed by atoms with Crippen molar-refractivity contribution in [3.63, 3.8) is 0 Å². The molecule has 6 rings (SSSR count). The molecule has 2 N–H and O–H groups in total. The normalized spacial score (nSPS) is 16.7. The first-order chi connectivity index (χ1) is 19.7. The van der Waals surface area contributed by atoms with E-state index in [9.17, 15) is 9.59 Å². The van der Waals surface area contributed by atoms with Gasteiger partial charge in [-0.25, -0.2) is 14.3 Å². The zero-order chi connectivity index (χ0) is 27.3. The average molecular weight is 544 g/mol. The molecule has 0 radical (unpaired) electrons. The summed E-state index contributed by atoms with van der Waals surface area (Å²) in [5.41, 5.74) is 4.24. The predicted octanol–water partition coefficient (Wildman–Crippen LogP) is 6.40. The van der Waals surface area contributed by atoms with Gasteiger partial charge in [0.1, 0.15) is 18.9 Å². The molecule has 9 nitrogen and oxygen atoms in total. The van der Waals surface area contributed by atoms with Crippen LogP contribution >= 0.6 is 0 Å². The fourth-order valence-corrected chi connectivity index (χ4v) is 6.19. The van der Waals surface area contributed by atoms with Crippen molar-refractivity contribution in [3.05, 3.63) is 66.0 Å². The van der Waals surface area contributed by atoms with Crippen LogP contribution in [0.25, 0.3) is 22.2 Å². The van der Waals surface area contributed by atoms with Gasteiger partial charge in [-0.3, -0.25) is 0 Å². The summed E-state index contributed by atoms with van der Waals surface area (Å²) in [6.07, 6.45) is 13.8. The molecule has 2 fully saturated rings. The average Bonchev–Trinajstić information content (AvgIpc) is 3.64. The number of nitrogens with one attached hydrogen (secondary N) is 2. The molecule has 0 aliphatic heterocycles. The molecule has 0 saturated heterocycles. The van der Waals surface area contributed by atoms with Crippen LogP contribution in [0.15, 0.2) is 54.9 Å². The van der Waals surface area contributed by atoms with Crippen molar-refractivity contribution >= 4 is 28.7 Å². The van der Waals surface area contributed by atoms with Crippen LogP contribution in [0.3, 0.4) is 0 Å². The maximum Gasteiger partial charge on any atom is 0.407 e. The Hall–Kier alpha value is -4.01. The first kappa shape index (κ1) is 26.2. The molecule has 0 unspecified atom stereocenters. The van der Waals surface area contributed by atoms with Gasteiger partial charge in [-0.05, 0) is 49.9 Å². The first-order valence-electron chi connectivity index (χ1n) is 14.6. The third kappa shape index (κ3) is 5.64. The van der Waals surface area contributed by atoms with E-state index >= 15 is 0 Å². The summed E-state index contributed by atoms with van der Waals surface area (Å²) in [5.74, 6) is 0. The number of alkyl carbamates (subject to hydrolysis) is 2. The monoisotopic (exact) mass is 543 g/mol. The van der Waals surface area contributed by atoms with Gasteiger partial charge in [0.05, 0.1) is 17.4 Å². The van der Waals surface area contributed by atoms with Gasteiger partial charge < -0.3 is 24.5 Å². The van der Waals surface area contributed by atoms with E-state index in [4.69, 9.17) is 14.6 Å². The van der Waals surface area contributed by atoms with E-state index in [-0.39, 0.29) is 25.3 Å². The smallest absolute Gasteiger partial charge is 0.407 e. The lowest BCUT2D eigenvalue weighted by Gasteiger charge is -2.23. The summed E-state index contributed by atoms with van der Waals surface area (Å²) < 4.78 is 15.5. The van der Waals surface area contributed by atoms with Crippen molar-refractivity contribution in [2.75, 3.05) is 0 Å². The highest BCUT2D eigenvalue weighted by atomic mass is 16.6. The van der Waals surface area contributed by atoms with Gasteiger partial charge in [-0.2, -0.15) is 5.10 Å². The van der Waals surface area contributed by atoms with E-state index < -0.39 is 12.2 Å². The molecular weight excluding hydrogens is 506 g/mol. The third-order valence-corrected chi connectivity index (χ3v) is 8.27. The molecule has 3 aromatic heterocycles. The molecule has 3 heterocycles. The highest BCUT2D eigenvalue weighted by Crippen LogP contribution is 2.31. The Morgan fingerprint density at radius 2 is 1.38 bits per heavy atom. The molecule has 9 heteroatoms. The number of aromatic nitrogens is 3. The fourth-order valence-electron chi connectivity index (χ4n) is 6.19. The molecule has 2 saturated carbocycles. The Labute approximate surface area is 233 Å². The van der Waals surface area contributed by atoms with Crippen LogP contribution < -0.4 is 10.6 Å². The third-order valence-electron chi connectivity index (χ3n) is 8.27. The second-order valence-corrected chi connectivity index (χ2v) is 11.0. The van der Waals surface area contributed by atoms with Crippen molar-refractivity contribution in [1.82, 2.24) is 24.8 Å². The van der Waals surface area contributed by atoms with E-state index in [1.807, 2.05) is 53.3 Å². The Kier molecular flexibility index (Phi) is 7.88. The number of carbonyl (C=O) groups is 2. The zero-order valence-corrected chi connectivity index (χ0v) is 22.8. The summed E-state index contributed by atoms with van der Waals surface area (Å²) in [6.45, 7) is 0.0988. The topological polar surface area (TPSA) is 98.9 Å². The quantitative estimate of drug-likeness (QED) is 0.281. The Morgan fingerprint density at radius 3 is 2.00 bits per heavy atom. The molecule has 4 aromatic rings. The summed E-state index contributed by atoms with van der Waals surface area (Å²) in [5, 5.41) is 11.6. The van der Waals surface area contributed by atoms with Crippen molar-refractivity contribution < 1.29 is 19.1 Å². The van der Waals surface area contributed by atoms with Crippen molar-refractivity contribution in [2.45, 2.75) is 89.5 Å². The number of carbonyl (C=O) groups excluding carboxylic acids is 2. The Balaban J connectivity index is 1.31.